The van der Waals surface area contributed by atoms with Crippen molar-refractivity contribution in [3.05, 3.63) is 95.7 Å². The van der Waals surface area contributed by atoms with Crippen molar-refractivity contribution in [2.75, 3.05) is 18.4 Å². The number of amides is 1. The molecule has 2 atom stereocenters. The van der Waals surface area contributed by atoms with Crippen molar-refractivity contribution >= 4 is 34.1 Å². The predicted molar refractivity (Wildman–Crippen MR) is 173 cm³/mol. The van der Waals surface area contributed by atoms with Gasteiger partial charge in [0, 0.05) is 38.5 Å². The molecular weight excluding hydrogens is 534 g/mol. The van der Waals surface area contributed by atoms with Gasteiger partial charge in [-0.2, -0.15) is 0 Å². The third kappa shape index (κ3) is 7.37. The number of nitrogens with zero attached hydrogens (tertiary/aromatic N) is 2. The van der Waals surface area contributed by atoms with Gasteiger partial charge in [-0.25, -0.2) is 4.98 Å². The van der Waals surface area contributed by atoms with Crippen LogP contribution < -0.4 is 5.32 Å². The number of rotatable bonds is 12. The molecule has 0 radical (unpaired) electrons. The molecule has 0 aliphatic carbocycles. The van der Waals surface area contributed by atoms with E-state index in [2.05, 4.69) is 77.9 Å². The number of ketones is 2. The van der Waals surface area contributed by atoms with E-state index in [0.29, 0.717) is 38.8 Å². The number of hydrogen-bond donors (Lipinski definition) is 1. The summed E-state index contributed by atoms with van der Waals surface area (Å²) in [6.07, 6.45) is 4.88. The summed E-state index contributed by atoms with van der Waals surface area (Å²) in [6.45, 7) is 6.97. The van der Waals surface area contributed by atoms with Crippen LogP contribution in [-0.2, 0) is 14.4 Å². The van der Waals surface area contributed by atoms with Crippen LogP contribution in [0.3, 0.4) is 0 Å². The standard InChI is InChI=1S/C37H41N3O3/c1-25-18-20-39-36(22-25)38-19-6-11-37(43)40-21-7-10-34(40)35(42)24-30(23-27(3)41)28-13-15-29(16-14-28)32-17-12-26(2)31-8-4-5-9-33(31)32/h4-5,8-9,12-18,20,22,30,34H,6-7,10-11,19,21,23-24H2,1-3H3,(H,38,39)/t30-,34-/m1/s1. The Labute approximate surface area is 254 Å². The van der Waals surface area contributed by atoms with Crippen LogP contribution in [0.5, 0.6) is 0 Å². The van der Waals surface area contributed by atoms with Gasteiger partial charge in [-0.15, -0.1) is 0 Å². The Kier molecular flexibility index (Phi) is 9.65. The van der Waals surface area contributed by atoms with Crippen LogP contribution in [0.2, 0.25) is 0 Å². The molecule has 1 aliphatic rings. The second-order valence-corrected chi connectivity index (χ2v) is 11.9. The highest BCUT2D eigenvalue weighted by Gasteiger charge is 2.34. The molecule has 6 nitrogen and oxygen atoms in total. The first-order valence-electron chi connectivity index (χ1n) is 15.4. The molecule has 0 unspecified atom stereocenters. The number of aromatic nitrogens is 1. The fraction of sp³-hybridized carbons (Fsp3) is 0.351. The van der Waals surface area contributed by atoms with Crippen molar-refractivity contribution < 1.29 is 14.4 Å². The summed E-state index contributed by atoms with van der Waals surface area (Å²) in [5, 5.41) is 5.72. The molecule has 4 aromatic rings. The van der Waals surface area contributed by atoms with Gasteiger partial charge in [0.1, 0.15) is 11.6 Å². The Morgan fingerprint density at radius 1 is 0.953 bits per heavy atom. The maximum absolute atomic E-state index is 13.6. The zero-order valence-corrected chi connectivity index (χ0v) is 25.4. The predicted octanol–water partition coefficient (Wildman–Crippen LogP) is 7.42. The van der Waals surface area contributed by atoms with Crippen molar-refractivity contribution in [3.8, 4) is 11.1 Å². The average molecular weight is 576 g/mol. The molecule has 1 N–H and O–H groups in total. The second-order valence-electron chi connectivity index (χ2n) is 11.9. The average Bonchev–Trinajstić information content (AvgIpc) is 3.50. The number of nitrogens with one attached hydrogen (secondary N) is 1. The molecule has 5 rings (SSSR count). The Morgan fingerprint density at radius 2 is 1.72 bits per heavy atom. The summed E-state index contributed by atoms with van der Waals surface area (Å²) in [6, 6.07) is 24.5. The first kappa shape index (κ1) is 30.1. The van der Waals surface area contributed by atoms with Crippen molar-refractivity contribution in [3.63, 3.8) is 0 Å². The van der Waals surface area contributed by atoms with Crippen molar-refractivity contribution in [1.29, 1.82) is 0 Å². The zero-order chi connectivity index (χ0) is 30.3. The largest absolute Gasteiger partial charge is 0.370 e. The Hall–Kier alpha value is -4.32. The molecule has 0 saturated carbocycles. The van der Waals surface area contributed by atoms with Crippen LogP contribution in [-0.4, -0.2) is 46.5 Å². The summed E-state index contributed by atoms with van der Waals surface area (Å²) in [5.74, 6) is 0.720. The molecular formula is C37H41N3O3. The highest BCUT2D eigenvalue weighted by molar-refractivity contribution is 5.98. The number of anilines is 1. The molecule has 222 valence electrons. The van der Waals surface area contributed by atoms with Crippen LogP contribution in [0.15, 0.2) is 79.0 Å². The number of carbonyl (C=O) groups excluding carboxylic acids is 3. The fourth-order valence-electron chi connectivity index (χ4n) is 6.30. The summed E-state index contributed by atoms with van der Waals surface area (Å²) in [7, 11) is 0. The van der Waals surface area contributed by atoms with E-state index >= 15 is 0 Å². The monoisotopic (exact) mass is 575 g/mol. The molecule has 1 aromatic heterocycles. The SMILES string of the molecule is CC(=O)C[C@H](CC(=O)[C@H]1CCCN1C(=O)CCCNc1cc(C)ccn1)c1ccc(-c2ccc(C)c3ccccc23)cc1. The quantitative estimate of drug-likeness (QED) is 0.178. The number of fused-ring (bicyclic) bond motifs is 1. The van der Waals surface area contributed by atoms with Crippen molar-refractivity contribution in [1.82, 2.24) is 9.88 Å². The number of benzene rings is 3. The number of hydrogen-bond acceptors (Lipinski definition) is 5. The number of likely N-dealkylation sites (tertiary alicyclic amines) is 1. The minimum Gasteiger partial charge on any atom is -0.370 e. The molecule has 0 spiro atoms. The number of carbonyl (C=O) groups is 3. The van der Waals surface area contributed by atoms with E-state index < -0.39 is 6.04 Å². The highest BCUT2D eigenvalue weighted by Crippen LogP contribution is 2.33. The normalized spacial score (nSPS) is 15.4. The molecule has 43 heavy (non-hydrogen) atoms. The number of pyridine rings is 1. The lowest BCUT2D eigenvalue weighted by Crippen LogP contribution is -2.41. The molecule has 1 fully saturated rings. The van der Waals surface area contributed by atoms with Gasteiger partial charge in [0.15, 0.2) is 5.78 Å². The Morgan fingerprint density at radius 3 is 2.47 bits per heavy atom. The third-order valence-corrected chi connectivity index (χ3v) is 8.55. The first-order valence-corrected chi connectivity index (χ1v) is 15.4. The Bertz CT molecular complexity index is 1610. The van der Waals surface area contributed by atoms with E-state index in [1.54, 1.807) is 18.0 Å². The fourth-order valence-corrected chi connectivity index (χ4v) is 6.30. The van der Waals surface area contributed by atoms with Gasteiger partial charge in [-0.05, 0) is 96.7 Å². The van der Waals surface area contributed by atoms with E-state index in [1.165, 1.54) is 16.3 Å². The van der Waals surface area contributed by atoms with E-state index in [4.69, 9.17) is 0 Å². The van der Waals surface area contributed by atoms with Gasteiger partial charge in [-0.3, -0.25) is 9.59 Å². The second kappa shape index (κ2) is 13.8. The van der Waals surface area contributed by atoms with Crippen LogP contribution >= 0.6 is 0 Å². The van der Waals surface area contributed by atoms with E-state index in [1.807, 2.05) is 19.1 Å². The molecule has 6 heteroatoms. The zero-order valence-electron chi connectivity index (χ0n) is 25.4. The molecule has 0 bridgehead atoms. The van der Waals surface area contributed by atoms with Gasteiger partial charge in [0.25, 0.3) is 0 Å². The summed E-state index contributed by atoms with van der Waals surface area (Å²) < 4.78 is 0. The van der Waals surface area contributed by atoms with Gasteiger partial charge < -0.3 is 15.0 Å². The van der Waals surface area contributed by atoms with Crippen molar-refractivity contribution in [2.24, 2.45) is 0 Å². The summed E-state index contributed by atoms with van der Waals surface area (Å²) >= 11 is 0. The lowest BCUT2D eigenvalue weighted by molar-refractivity contribution is -0.137. The van der Waals surface area contributed by atoms with Crippen molar-refractivity contribution in [2.45, 2.75) is 71.3 Å². The van der Waals surface area contributed by atoms with E-state index in [-0.39, 0.29) is 29.8 Å². The smallest absolute Gasteiger partial charge is 0.223 e. The summed E-state index contributed by atoms with van der Waals surface area (Å²) in [5.41, 5.74) is 5.62. The topological polar surface area (TPSA) is 79.4 Å². The number of aryl methyl sites for hydroxylation is 2. The van der Waals surface area contributed by atoms with Crippen LogP contribution in [0, 0.1) is 13.8 Å². The molecule has 1 aliphatic heterocycles. The van der Waals surface area contributed by atoms with Gasteiger partial charge in [0.05, 0.1) is 6.04 Å². The van der Waals surface area contributed by atoms with Gasteiger partial charge in [0.2, 0.25) is 5.91 Å². The van der Waals surface area contributed by atoms with Crippen LogP contribution in [0.1, 0.15) is 68.1 Å². The lowest BCUT2D eigenvalue weighted by atomic mass is 9.86. The lowest BCUT2D eigenvalue weighted by Gasteiger charge is -2.26. The highest BCUT2D eigenvalue weighted by atomic mass is 16.2. The van der Waals surface area contributed by atoms with E-state index in [0.717, 1.165) is 34.5 Å². The molecule has 3 aromatic carbocycles. The Balaban J connectivity index is 1.23. The summed E-state index contributed by atoms with van der Waals surface area (Å²) in [4.78, 5) is 45.1. The number of Topliss-reactive ketones (excluding diaryl/α,β-unsaturated/α-hetero) is 2. The van der Waals surface area contributed by atoms with E-state index in [9.17, 15) is 14.4 Å². The van der Waals surface area contributed by atoms with Crippen LogP contribution in [0.25, 0.3) is 21.9 Å². The van der Waals surface area contributed by atoms with Gasteiger partial charge >= 0.3 is 0 Å². The minimum absolute atomic E-state index is 0.0210. The van der Waals surface area contributed by atoms with Gasteiger partial charge in [-0.1, -0.05) is 60.7 Å². The maximum Gasteiger partial charge on any atom is 0.223 e. The molecule has 2 heterocycles. The maximum atomic E-state index is 13.6. The molecule has 1 amide bonds. The third-order valence-electron chi connectivity index (χ3n) is 8.55. The first-order chi connectivity index (χ1) is 20.8. The minimum atomic E-state index is -0.411. The molecule has 1 saturated heterocycles. The van der Waals surface area contributed by atoms with Crippen LogP contribution in [0.4, 0.5) is 5.82 Å².